The zero-order valence-corrected chi connectivity index (χ0v) is 16.8. The molecule has 0 spiro atoms. The number of carbonyl (C=O) groups is 1. The monoisotopic (exact) mass is 446 g/mol. The van der Waals surface area contributed by atoms with Crippen molar-refractivity contribution in [2.24, 2.45) is 16.6 Å². The Labute approximate surface area is 160 Å². The number of rotatable bonds is 6. The summed E-state index contributed by atoms with van der Waals surface area (Å²) in [6.07, 6.45) is 0.500. The number of benzene rings is 1. The smallest absolute Gasteiger partial charge is 0.223 e. The minimum atomic E-state index is 0. The van der Waals surface area contributed by atoms with E-state index in [4.69, 9.17) is 10.5 Å². The second-order valence-corrected chi connectivity index (χ2v) is 6.05. The van der Waals surface area contributed by atoms with Crippen LogP contribution in [0.1, 0.15) is 24.9 Å². The summed E-state index contributed by atoms with van der Waals surface area (Å²) in [6.45, 7) is 3.06. The van der Waals surface area contributed by atoms with Gasteiger partial charge in [0.2, 0.25) is 5.91 Å². The first-order valence-corrected chi connectivity index (χ1v) is 7.89. The number of methoxy groups -OCH3 is 1. The van der Waals surface area contributed by atoms with Crippen LogP contribution in [0.25, 0.3) is 0 Å². The number of likely N-dealkylation sites (tertiary alicyclic amines) is 1. The number of nitrogens with zero attached hydrogens (tertiary/aromatic N) is 2. The fourth-order valence-corrected chi connectivity index (χ4v) is 3.07. The number of carbonyl (C=O) groups excluding carboxylic acids is 1. The second kappa shape index (κ2) is 9.83. The molecule has 1 heterocycles. The molecule has 0 aromatic heterocycles. The normalized spacial score (nSPS) is 22.2. The number of hydrogen-bond donors (Lipinski definition) is 2. The van der Waals surface area contributed by atoms with Gasteiger partial charge in [-0.2, -0.15) is 0 Å². The molecular weight excluding hydrogens is 419 g/mol. The molecule has 1 aromatic rings. The van der Waals surface area contributed by atoms with E-state index in [9.17, 15) is 4.79 Å². The van der Waals surface area contributed by atoms with Crippen LogP contribution in [0.3, 0.4) is 0 Å². The topological polar surface area (TPSA) is 80.0 Å². The molecule has 6 nitrogen and oxygen atoms in total. The summed E-state index contributed by atoms with van der Waals surface area (Å²) in [6, 6.07) is 10.2. The third kappa shape index (κ3) is 5.34. The summed E-state index contributed by atoms with van der Waals surface area (Å²) in [5, 5.41) is 3.09. The van der Waals surface area contributed by atoms with Crippen LogP contribution in [-0.4, -0.2) is 50.1 Å². The molecule has 0 saturated carbocycles. The quantitative estimate of drug-likeness (QED) is 0.397. The first-order valence-electron chi connectivity index (χ1n) is 7.89. The fourth-order valence-electron chi connectivity index (χ4n) is 3.07. The van der Waals surface area contributed by atoms with Gasteiger partial charge in [-0.15, -0.1) is 24.0 Å². The van der Waals surface area contributed by atoms with E-state index < -0.39 is 0 Å². The molecule has 1 amide bonds. The van der Waals surface area contributed by atoms with Gasteiger partial charge >= 0.3 is 0 Å². The largest absolute Gasteiger partial charge is 0.383 e. The zero-order chi connectivity index (χ0) is 16.8. The SMILES string of the molecule is COCC(C)NC(N)=NCC1CC(=O)N(C)C1c1ccccc1.I. The van der Waals surface area contributed by atoms with Crippen LogP contribution in [0.2, 0.25) is 0 Å². The highest BCUT2D eigenvalue weighted by Crippen LogP contribution is 2.36. The van der Waals surface area contributed by atoms with E-state index in [2.05, 4.69) is 22.4 Å². The van der Waals surface area contributed by atoms with Crippen LogP contribution in [0.5, 0.6) is 0 Å². The van der Waals surface area contributed by atoms with Crippen LogP contribution in [0.15, 0.2) is 35.3 Å². The molecule has 0 aliphatic carbocycles. The van der Waals surface area contributed by atoms with Crippen molar-refractivity contribution in [3.8, 4) is 0 Å². The predicted octanol–water partition coefficient (Wildman–Crippen LogP) is 1.76. The Bertz CT molecular complexity index is 553. The van der Waals surface area contributed by atoms with E-state index in [1.54, 1.807) is 7.11 Å². The highest BCUT2D eigenvalue weighted by atomic mass is 127. The van der Waals surface area contributed by atoms with Crippen molar-refractivity contribution in [3.05, 3.63) is 35.9 Å². The summed E-state index contributed by atoms with van der Waals surface area (Å²) >= 11 is 0. The molecule has 1 aromatic carbocycles. The number of nitrogens with one attached hydrogen (secondary N) is 1. The first kappa shape index (κ1) is 20.7. The van der Waals surface area contributed by atoms with Gasteiger partial charge < -0.3 is 20.7 Å². The van der Waals surface area contributed by atoms with E-state index >= 15 is 0 Å². The number of aliphatic imine (C=N–C) groups is 1. The molecule has 134 valence electrons. The lowest BCUT2D eigenvalue weighted by Gasteiger charge is -2.24. The van der Waals surface area contributed by atoms with Crippen LogP contribution in [-0.2, 0) is 9.53 Å². The van der Waals surface area contributed by atoms with Gasteiger partial charge in [0.25, 0.3) is 0 Å². The summed E-state index contributed by atoms with van der Waals surface area (Å²) in [7, 11) is 3.50. The predicted molar refractivity (Wildman–Crippen MR) is 106 cm³/mol. The third-order valence-electron chi connectivity index (χ3n) is 4.14. The van der Waals surface area contributed by atoms with Crippen molar-refractivity contribution in [1.29, 1.82) is 0 Å². The van der Waals surface area contributed by atoms with E-state index in [0.717, 1.165) is 5.56 Å². The van der Waals surface area contributed by atoms with Crippen molar-refractivity contribution in [2.75, 3.05) is 27.3 Å². The van der Waals surface area contributed by atoms with Crippen molar-refractivity contribution in [3.63, 3.8) is 0 Å². The molecule has 0 bridgehead atoms. The van der Waals surface area contributed by atoms with Gasteiger partial charge in [-0.1, -0.05) is 30.3 Å². The average molecular weight is 446 g/mol. The maximum absolute atomic E-state index is 12.1. The molecule has 1 aliphatic rings. The van der Waals surface area contributed by atoms with Gasteiger partial charge in [0, 0.05) is 39.1 Å². The van der Waals surface area contributed by atoms with Gasteiger partial charge in [-0.25, -0.2) is 0 Å². The molecule has 3 N–H and O–H groups in total. The molecule has 1 fully saturated rings. The molecule has 7 heteroatoms. The maximum Gasteiger partial charge on any atom is 0.223 e. The van der Waals surface area contributed by atoms with Gasteiger partial charge in [-0.3, -0.25) is 9.79 Å². The van der Waals surface area contributed by atoms with Gasteiger partial charge in [0.1, 0.15) is 0 Å². The molecule has 1 saturated heterocycles. The minimum Gasteiger partial charge on any atom is -0.383 e. The summed E-state index contributed by atoms with van der Waals surface area (Å²) in [5.74, 6) is 0.676. The number of halogens is 1. The Balaban J connectivity index is 0.00000288. The van der Waals surface area contributed by atoms with E-state index in [0.29, 0.717) is 25.5 Å². The zero-order valence-electron chi connectivity index (χ0n) is 14.4. The van der Waals surface area contributed by atoms with E-state index in [-0.39, 0.29) is 47.9 Å². The number of guanidine groups is 1. The van der Waals surface area contributed by atoms with Gasteiger partial charge in [0.05, 0.1) is 12.6 Å². The molecule has 24 heavy (non-hydrogen) atoms. The number of ether oxygens (including phenoxy) is 1. The van der Waals surface area contributed by atoms with Crippen LogP contribution < -0.4 is 11.1 Å². The van der Waals surface area contributed by atoms with Crippen molar-refractivity contribution < 1.29 is 9.53 Å². The minimum absolute atomic E-state index is 0. The Morgan fingerprint density at radius 1 is 1.46 bits per heavy atom. The summed E-state index contributed by atoms with van der Waals surface area (Å²) in [4.78, 5) is 18.3. The van der Waals surface area contributed by atoms with E-state index in [1.165, 1.54) is 0 Å². The van der Waals surface area contributed by atoms with Gasteiger partial charge in [-0.05, 0) is 12.5 Å². The average Bonchev–Trinajstić information content (AvgIpc) is 2.81. The molecule has 1 aliphatic heterocycles. The van der Waals surface area contributed by atoms with Crippen molar-refractivity contribution >= 4 is 35.8 Å². The molecule has 0 radical (unpaired) electrons. The lowest BCUT2D eigenvalue weighted by atomic mass is 9.94. The van der Waals surface area contributed by atoms with Crippen LogP contribution >= 0.6 is 24.0 Å². The highest BCUT2D eigenvalue weighted by Gasteiger charge is 2.38. The third-order valence-corrected chi connectivity index (χ3v) is 4.14. The summed E-state index contributed by atoms with van der Waals surface area (Å²) < 4.78 is 5.06. The lowest BCUT2D eigenvalue weighted by Crippen LogP contribution is -2.41. The van der Waals surface area contributed by atoms with Crippen LogP contribution in [0, 0.1) is 5.92 Å². The molecule has 3 unspecified atom stereocenters. The Hall–Kier alpha value is -1.35. The first-order chi connectivity index (χ1) is 11.0. The highest BCUT2D eigenvalue weighted by molar-refractivity contribution is 14.0. The fraction of sp³-hybridized carbons (Fsp3) is 0.529. The van der Waals surface area contributed by atoms with E-state index in [1.807, 2.05) is 37.1 Å². The summed E-state index contributed by atoms with van der Waals surface area (Å²) in [5.41, 5.74) is 7.06. The lowest BCUT2D eigenvalue weighted by molar-refractivity contribution is -0.127. The Morgan fingerprint density at radius 2 is 2.12 bits per heavy atom. The molecule has 3 atom stereocenters. The standard InChI is InChI=1S/C17H26N4O2.HI/c1-12(11-23-3)20-17(18)19-10-14-9-15(22)21(2)16(14)13-7-5-4-6-8-13;/h4-8,12,14,16H,9-11H2,1-3H3,(H3,18,19,20);1H. The Kier molecular flexibility index (Phi) is 8.47. The maximum atomic E-state index is 12.1. The molecular formula is C17H27IN4O2. The van der Waals surface area contributed by atoms with Crippen LogP contribution in [0.4, 0.5) is 0 Å². The second-order valence-electron chi connectivity index (χ2n) is 6.05. The number of hydrogen-bond acceptors (Lipinski definition) is 3. The van der Waals surface area contributed by atoms with Crippen molar-refractivity contribution in [1.82, 2.24) is 10.2 Å². The number of amides is 1. The molecule has 2 rings (SSSR count). The van der Waals surface area contributed by atoms with Crippen molar-refractivity contribution in [2.45, 2.75) is 25.4 Å². The Morgan fingerprint density at radius 3 is 2.75 bits per heavy atom. The van der Waals surface area contributed by atoms with Gasteiger partial charge in [0.15, 0.2) is 5.96 Å². The number of nitrogens with two attached hydrogens (primary N) is 1.